The molecule has 0 heterocycles. The Morgan fingerprint density at radius 1 is 1.07 bits per heavy atom. The number of nitrogens with one attached hydrogen (secondary N) is 2. The van der Waals surface area contributed by atoms with Crippen molar-refractivity contribution in [2.24, 2.45) is 5.10 Å². The highest BCUT2D eigenvalue weighted by Crippen LogP contribution is 2.35. The normalized spacial score (nSPS) is 10.5. The first kappa shape index (κ1) is 20.5. The van der Waals surface area contributed by atoms with E-state index in [4.69, 9.17) is 32.7 Å². The van der Waals surface area contributed by atoms with Crippen molar-refractivity contribution in [1.82, 2.24) is 10.7 Å². The number of carbonyl (C=O) groups excluding carboxylic acids is 2. The van der Waals surface area contributed by atoms with Gasteiger partial charge < -0.3 is 14.8 Å². The highest BCUT2D eigenvalue weighted by molar-refractivity contribution is 6.35. The van der Waals surface area contributed by atoms with E-state index in [0.29, 0.717) is 27.1 Å². The molecule has 0 aliphatic rings. The second-order valence-electron chi connectivity index (χ2n) is 5.25. The van der Waals surface area contributed by atoms with Crippen molar-refractivity contribution in [2.75, 3.05) is 14.2 Å². The SMILES string of the molecule is COc1cc(/C=N\NC(=O)C(=O)NCc2ccc(Cl)cc2)cc(Cl)c1OC. The molecule has 27 heavy (non-hydrogen) atoms. The molecule has 0 unspecified atom stereocenters. The number of amides is 2. The molecule has 142 valence electrons. The zero-order valence-electron chi connectivity index (χ0n) is 14.6. The number of hydrogen-bond acceptors (Lipinski definition) is 5. The Morgan fingerprint density at radius 2 is 1.78 bits per heavy atom. The van der Waals surface area contributed by atoms with E-state index in [1.165, 1.54) is 20.4 Å². The summed E-state index contributed by atoms with van der Waals surface area (Å²) in [5.74, 6) is -0.903. The molecule has 0 aliphatic heterocycles. The fourth-order valence-electron chi connectivity index (χ4n) is 2.09. The van der Waals surface area contributed by atoms with E-state index in [-0.39, 0.29) is 6.54 Å². The lowest BCUT2D eigenvalue weighted by Crippen LogP contribution is -2.37. The molecule has 2 rings (SSSR count). The van der Waals surface area contributed by atoms with Gasteiger partial charge in [0, 0.05) is 11.6 Å². The maximum Gasteiger partial charge on any atom is 0.329 e. The maximum absolute atomic E-state index is 11.8. The predicted molar refractivity (Wildman–Crippen MR) is 104 cm³/mol. The number of methoxy groups -OCH3 is 2. The quantitative estimate of drug-likeness (QED) is 0.436. The molecule has 0 fully saturated rings. The molecule has 0 saturated heterocycles. The van der Waals surface area contributed by atoms with Gasteiger partial charge in [0.15, 0.2) is 11.5 Å². The number of rotatable bonds is 6. The summed E-state index contributed by atoms with van der Waals surface area (Å²) in [7, 11) is 2.95. The van der Waals surface area contributed by atoms with Gasteiger partial charge in [-0.15, -0.1) is 0 Å². The minimum atomic E-state index is -0.896. The molecule has 7 nitrogen and oxygen atoms in total. The highest BCUT2D eigenvalue weighted by Gasteiger charge is 2.13. The van der Waals surface area contributed by atoms with Crippen molar-refractivity contribution in [2.45, 2.75) is 6.54 Å². The number of carbonyl (C=O) groups is 2. The predicted octanol–water partition coefficient (Wildman–Crippen LogP) is 2.78. The van der Waals surface area contributed by atoms with Crippen LogP contribution in [0, 0.1) is 0 Å². The Morgan fingerprint density at radius 3 is 2.41 bits per heavy atom. The van der Waals surface area contributed by atoms with Gasteiger partial charge in [-0.05, 0) is 35.4 Å². The number of benzene rings is 2. The van der Waals surface area contributed by atoms with Gasteiger partial charge in [-0.25, -0.2) is 5.43 Å². The Kier molecular flexibility index (Phi) is 7.45. The van der Waals surface area contributed by atoms with Crippen molar-refractivity contribution in [3.8, 4) is 11.5 Å². The molecule has 2 aromatic carbocycles. The van der Waals surface area contributed by atoms with E-state index in [0.717, 1.165) is 5.56 Å². The molecule has 2 amide bonds. The van der Waals surface area contributed by atoms with Gasteiger partial charge in [-0.2, -0.15) is 5.10 Å². The average molecular weight is 410 g/mol. The number of hydrazone groups is 1. The van der Waals surface area contributed by atoms with Crippen molar-refractivity contribution >= 4 is 41.2 Å². The van der Waals surface area contributed by atoms with Gasteiger partial charge >= 0.3 is 11.8 Å². The van der Waals surface area contributed by atoms with Crippen LogP contribution in [0.4, 0.5) is 0 Å². The first-order valence-corrected chi connectivity index (χ1v) is 8.47. The van der Waals surface area contributed by atoms with E-state index in [1.807, 2.05) is 0 Å². The smallest absolute Gasteiger partial charge is 0.329 e. The minimum absolute atomic E-state index is 0.193. The molecular weight excluding hydrogens is 393 g/mol. The summed E-state index contributed by atoms with van der Waals surface area (Å²) in [6, 6.07) is 10.1. The van der Waals surface area contributed by atoms with Crippen LogP contribution in [0.2, 0.25) is 10.0 Å². The number of ether oxygens (including phenoxy) is 2. The standard InChI is InChI=1S/C18H17Cl2N3O4/c1-26-15-8-12(7-14(20)16(15)27-2)10-22-23-18(25)17(24)21-9-11-3-5-13(19)6-4-11/h3-8,10H,9H2,1-2H3,(H,21,24)(H,23,25)/b22-10-. The topological polar surface area (TPSA) is 89.0 Å². The molecule has 0 saturated carbocycles. The van der Waals surface area contributed by atoms with Gasteiger partial charge in [-0.1, -0.05) is 35.3 Å². The summed E-state index contributed by atoms with van der Waals surface area (Å²) in [6.45, 7) is 0.193. The van der Waals surface area contributed by atoms with Gasteiger partial charge in [0.25, 0.3) is 0 Å². The molecule has 2 N–H and O–H groups in total. The molecule has 0 spiro atoms. The summed E-state index contributed by atoms with van der Waals surface area (Å²) in [4.78, 5) is 23.6. The zero-order chi connectivity index (χ0) is 19.8. The molecule has 0 aromatic heterocycles. The molecule has 2 aromatic rings. The van der Waals surface area contributed by atoms with Crippen LogP contribution in [-0.2, 0) is 16.1 Å². The van der Waals surface area contributed by atoms with Crippen LogP contribution in [-0.4, -0.2) is 32.2 Å². The van der Waals surface area contributed by atoms with Crippen molar-refractivity contribution in [1.29, 1.82) is 0 Å². The summed E-state index contributed by atoms with van der Waals surface area (Å²) in [5, 5.41) is 7.14. The molecular formula is C18H17Cl2N3O4. The molecule has 0 aliphatic carbocycles. The van der Waals surface area contributed by atoms with E-state index >= 15 is 0 Å². The Hall–Kier alpha value is -2.77. The first-order chi connectivity index (χ1) is 12.9. The minimum Gasteiger partial charge on any atom is -0.493 e. The fourth-order valence-corrected chi connectivity index (χ4v) is 2.52. The van der Waals surface area contributed by atoms with Gasteiger partial charge in [0.05, 0.1) is 25.5 Å². The zero-order valence-corrected chi connectivity index (χ0v) is 16.1. The second-order valence-corrected chi connectivity index (χ2v) is 6.09. The number of halogens is 2. The van der Waals surface area contributed by atoms with Gasteiger partial charge in [-0.3, -0.25) is 9.59 Å². The van der Waals surface area contributed by atoms with Crippen LogP contribution < -0.4 is 20.2 Å². The van der Waals surface area contributed by atoms with Crippen LogP contribution >= 0.6 is 23.2 Å². The lowest BCUT2D eigenvalue weighted by molar-refractivity contribution is -0.139. The maximum atomic E-state index is 11.8. The van der Waals surface area contributed by atoms with Gasteiger partial charge in [0.1, 0.15) is 0 Å². The summed E-state index contributed by atoms with van der Waals surface area (Å²) in [5.41, 5.74) is 3.51. The van der Waals surface area contributed by atoms with Crippen LogP contribution in [0.15, 0.2) is 41.5 Å². The average Bonchev–Trinajstić information content (AvgIpc) is 2.66. The Labute approximate surface area is 166 Å². The summed E-state index contributed by atoms with van der Waals surface area (Å²) < 4.78 is 10.3. The van der Waals surface area contributed by atoms with E-state index in [1.54, 1.807) is 36.4 Å². The van der Waals surface area contributed by atoms with Crippen molar-refractivity contribution in [3.05, 3.63) is 57.6 Å². The Balaban J connectivity index is 1.91. The van der Waals surface area contributed by atoms with E-state index in [2.05, 4.69) is 15.8 Å². The highest BCUT2D eigenvalue weighted by atomic mass is 35.5. The van der Waals surface area contributed by atoms with Crippen LogP contribution in [0.5, 0.6) is 11.5 Å². The molecule has 0 radical (unpaired) electrons. The lowest BCUT2D eigenvalue weighted by Gasteiger charge is -2.09. The first-order valence-electron chi connectivity index (χ1n) is 7.71. The van der Waals surface area contributed by atoms with Crippen molar-refractivity contribution in [3.63, 3.8) is 0 Å². The largest absolute Gasteiger partial charge is 0.493 e. The third-order valence-electron chi connectivity index (χ3n) is 3.41. The van der Waals surface area contributed by atoms with Crippen molar-refractivity contribution < 1.29 is 19.1 Å². The van der Waals surface area contributed by atoms with Gasteiger partial charge in [0.2, 0.25) is 0 Å². The van der Waals surface area contributed by atoms with E-state index in [9.17, 15) is 9.59 Å². The monoisotopic (exact) mass is 409 g/mol. The summed E-state index contributed by atoms with van der Waals surface area (Å²) in [6.07, 6.45) is 1.33. The number of hydrogen-bond donors (Lipinski definition) is 2. The molecule has 0 atom stereocenters. The summed E-state index contributed by atoms with van der Waals surface area (Å²) >= 11 is 11.9. The second kappa shape index (κ2) is 9.80. The molecule has 9 heteroatoms. The van der Waals surface area contributed by atoms with E-state index < -0.39 is 11.8 Å². The lowest BCUT2D eigenvalue weighted by atomic mass is 10.2. The Bertz CT molecular complexity index is 854. The number of nitrogens with zero attached hydrogens (tertiary/aromatic N) is 1. The van der Waals surface area contributed by atoms with Crippen LogP contribution in [0.3, 0.4) is 0 Å². The van der Waals surface area contributed by atoms with Crippen LogP contribution in [0.25, 0.3) is 0 Å². The fraction of sp³-hybridized carbons (Fsp3) is 0.167. The third kappa shape index (κ3) is 5.87. The van der Waals surface area contributed by atoms with Crippen LogP contribution in [0.1, 0.15) is 11.1 Å². The third-order valence-corrected chi connectivity index (χ3v) is 3.94. The molecule has 0 bridgehead atoms.